The van der Waals surface area contributed by atoms with Crippen LogP contribution in [0.2, 0.25) is 0 Å². The zero-order chi connectivity index (χ0) is 17.5. The van der Waals surface area contributed by atoms with Gasteiger partial charge < -0.3 is 10.1 Å². The highest BCUT2D eigenvalue weighted by Gasteiger charge is 2.17. The van der Waals surface area contributed by atoms with Crippen LogP contribution in [0.3, 0.4) is 0 Å². The van der Waals surface area contributed by atoms with Crippen molar-refractivity contribution in [3.05, 3.63) is 51.4 Å². The third-order valence-corrected chi connectivity index (χ3v) is 4.83. The first-order chi connectivity index (χ1) is 11.5. The molecule has 1 N–H and O–H groups in total. The molecule has 0 saturated heterocycles. The minimum absolute atomic E-state index is 0.0251. The molecule has 126 valence electrons. The van der Waals surface area contributed by atoms with E-state index in [1.54, 1.807) is 36.6 Å². The van der Waals surface area contributed by atoms with Gasteiger partial charge in [0.05, 0.1) is 27.7 Å². The van der Waals surface area contributed by atoms with Crippen LogP contribution in [0.5, 0.6) is 0 Å². The number of nitrogens with one attached hydrogen (secondary N) is 1. The number of carbonyl (C=O) groups is 2. The Labute approximate surface area is 146 Å². The molecule has 0 radical (unpaired) electrons. The number of carbonyl (C=O) groups excluding carboxylic acids is 2. The van der Waals surface area contributed by atoms with E-state index in [4.69, 9.17) is 4.74 Å². The van der Waals surface area contributed by atoms with Crippen molar-refractivity contribution in [2.24, 2.45) is 0 Å². The summed E-state index contributed by atoms with van der Waals surface area (Å²) in [4.78, 5) is 34.5. The van der Waals surface area contributed by atoms with Gasteiger partial charge in [0.25, 0.3) is 0 Å². The van der Waals surface area contributed by atoms with E-state index in [1.165, 1.54) is 6.07 Å². The second-order valence-electron chi connectivity index (χ2n) is 4.49. The summed E-state index contributed by atoms with van der Waals surface area (Å²) < 4.78 is 4.90. The monoisotopic (exact) mass is 366 g/mol. The first-order valence-electron chi connectivity index (χ1n) is 6.93. The molecule has 9 heteroatoms. The van der Waals surface area contributed by atoms with Crippen molar-refractivity contribution < 1.29 is 19.2 Å². The molecule has 2 aromatic rings. The zero-order valence-corrected chi connectivity index (χ0v) is 14.3. The van der Waals surface area contributed by atoms with E-state index in [1.807, 2.05) is 0 Å². The van der Waals surface area contributed by atoms with Crippen molar-refractivity contribution in [2.45, 2.75) is 11.8 Å². The molecule has 1 aromatic carbocycles. The molecule has 0 aliphatic carbocycles. The van der Waals surface area contributed by atoms with Gasteiger partial charge in [-0.05, 0) is 36.6 Å². The number of benzene rings is 1. The van der Waals surface area contributed by atoms with Crippen LogP contribution in [0.25, 0.3) is 0 Å². The van der Waals surface area contributed by atoms with Crippen molar-refractivity contribution in [2.75, 3.05) is 17.7 Å². The van der Waals surface area contributed by atoms with Gasteiger partial charge in [-0.1, -0.05) is 17.4 Å². The maximum absolute atomic E-state index is 12.0. The fraction of sp³-hybridized carbons (Fsp3) is 0.200. The summed E-state index contributed by atoms with van der Waals surface area (Å²) in [5, 5.41) is 15.1. The number of rotatable bonds is 7. The van der Waals surface area contributed by atoms with Crippen LogP contribution in [-0.4, -0.2) is 29.2 Å². The lowest BCUT2D eigenvalue weighted by atomic mass is 10.2. The Kier molecular flexibility index (Phi) is 6.33. The van der Waals surface area contributed by atoms with E-state index >= 15 is 0 Å². The number of anilines is 1. The van der Waals surface area contributed by atoms with Gasteiger partial charge in [-0.15, -0.1) is 11.8 Å². The quantitative estimate of drug-likeness (QED) is 0.348. The standard InChI is InChI=1S/C15H14N2O5S2/c1-2-22-15(19)10-4-3-5-11(8-10)16-13(18)9-24-12-6-7-23-14(12)17(20)21/h3-8H,2,9H2,1H3,(H,16,18). The minimum atomic E-state index is -0.465. The van der Waals surface area contributed by atoms with Crippen molar-refractivity contribution in [1.29, 1.82) is 0 Å². The number of hydrogen-bond donors (Lipinski definition) is 1. The van der Waals surface area contributed by atoms with Gasteiger partial charge in [-0.3, -0.25) is 14.9 Å². The highest BCUT2D eigenvalue weighted by atomic mass is 32.2. The lowest BCUT2D eigenvalue weighted by Gasteiger charge is -2.07. The summed E-state index contributed by atoms with van der Waals surface area (Å²) in [7, 11) is 0. The molecule has 1 heterocycles. The number of nitrogens with zero attached hydrogens (tertiary/aromatic N) is 1. The highest BCUT2D eigenvalue weighted by Crippen LogP contribution is 2.34. The first kappa shape index (κ1) is 18.0. The predicted molar refractivity (Wildman–Crippen MR) is 92.7 cm³/mol. The SMILES string of the molecule is CCOC(=O)c1cccc(NC(=O)CSc2ccsc2[N+](=O)[O-])c1. The molecule has 0 atom stereocenters. The van der Waals surface area contributed by atoms with Gasteiger partial charge in [0.15, 0.2) is 0 Å². The third-order valence-electron chi connectivity index (χ3n) is 2.79. The average Bonchev–Trinajstić information content (AvgIpc) is 3.02. The summed E-state index contributed by atoms with van der Waals surface area (Å²) in [6.45, 7) is 1.98. The number of ether oxygens (including phenoxy) is 1. The number of hydrogen-bond acceptors (Lipinski definition) is 7. The van der Waals surface area contributed by atoms with Crippen molar-refractivity contribution in [3.63, 3.8) is 0 Å². The fourth-order valence-electron chi connectivity index (χ4n) is 1.81. The van der Waals surface area contributed by atoms with E-state index in [0.29, 0.717) is 16.1 Å². The average molecular weight is 366 g/mol. The molecule has 0 saturated carbocycles. The van der Waals surface area contributed by atoms with Crippen LogP contribution in [0.15, 0.2) is 40.6 Å². The molecule has 24 heavy (non-hydrogen) atoms. The second kappa shape index (κ2) is 8.46. The van der Waals surface area contributed by atoms with E-state index in [9.17, 15) is 19.7 Å². The molecule has 2 rings (SSSR count). The minimum Gasteiger partial charge on any atom is -0.462 e. The van der Waals surface area contributed by atoms with E-state index in [2.05, 4.69) is 5.32 Å². The van der Waals surface area contributed by atoms with Crippen molar-refractivity contribution >= 4 is 45.7 Å². The Morgan fingerprint density at radius 2 is 2.17 bits per heavy atom. The number of esters is 1. The Balaban J connectivity index is 1.95. The summed E-state index contributed by atoms with van der Waals surface area (Å²) >= 11 is 2.11. The number of nitro groups is 1. The normalized spacial score (nSPS) is 10.2. The van der Waals surface area contributed by atoms with Gasteiger partial charge >= 0.3 is 11.0 Å². The van der Waals surface area contributed by atoms with Gasteiger partial charge in [0.2, 0.25) is 5.91 Å². The van der Waals surface area contributed by atoms with Crippen molar-refractivity contribution in [3.8, 4) is 0 Å². The topological polar surface area (TPSA) is 98.5 Å². The number of thiophene rings is 1. The van der Waals surface area contributed by atoms with Gasteiger partial charge in [0, 0.05) is 5.69 Å². The third kappa shape index (κ3) is 4.80. The molecule has 1 amide bonds. The Hall–Kier alpha value is -2.39. The number of amides is 1. The zero-order valence-electron chi connectivity index (χ0n) is 12.7. The molecule has 0 aliphatic heterocycles. The molecule has 1 aromatic heterocycles. The Morgan fingerprint density at radius 1 is 1.38 bits per heavy atom. The smallest absolute Gasteiger partial charge is 0.338 e. The van der Waals surface area contributed by atoms with E-state index in [-0.39, 0.29) is 23.3 Å². The Bertz CT molecular complexity index is 760. The second-order valence-corrected chi connectivity index (χ2v) is 6.40. The van der Waals surface area contributed by atoms with E-state index < -0.39 is 10.9 Å². The molecule has 0 bridgehead atoms. The van der Waals surface area contributed by atoms with Crippen molar-refractivity contribution in [1.82, 2.24) is 0 Å². The van der Waals surface area contributed by atoms with Gasteiger partial charge in [-0.2, -0.15) is 0 Å². The molecule has 7 nitrogen and oxygen atoms in total. The van der Waals surface area contributed by atoms with Crippen LogP contribution >= 0.6 is 23.1 Å². The molecular weight excluding hydrogens is 352 g/mol. The molecule has 0 spiro atoms. The van der Waals surface area contributed by atoms with Gasteiger partial charge in [0.1, 0.15) is 0 Å². The van der Waals surface area contributed by atoms with Crippen LogP contribution < -0.4 is 5.32 Å². The summed E-state index contributed by atoms with van der Waals surface area (Å²) in [5.41, 5.74) is 0.807. The molecule has 0 fully saturated rings. The van der Waals surface area contributed by atoms with Crippen LogP contribution in [0.1, 0.15) is 17.3 Å². The largest absolute Gasteiger partial charge is 0.462 e. The Morgan fingerprint density at radius 3 is 2.88 bits per heavy atom. The molecule has 0 aliphatic rings. The van der Waals surface area contributed by atoms with Crippen LogP contribution in [0, 0.1) is 10.1 Å². The fourth-order valence-corrected chi connectivity index (χ4v) is 3.54. The van der Waals surface area contributed by atoms with E-state index in [0.717, 1.165) is 23.1 Å². The van der Waals surface area contributed by atoms with Gasteiger partial charge in [-0.25, -0.2) is 4.79 Å². The lowest BCUT2D eigenvalue weighted by Crippen LogP contribution is -2.14. The van der Waals surface area contributed by atoms with Crippen LogP contribution in [-0.2, 0) is 9.53 Å². The molecular formula is C15H14N2O5S2. The van der Waals surface area contributed by atoms with Crippen LogP contribution in [0.4, 0.5) is 10.7 Å². The lowest BCUT2D eigenvalue weighted by molar-refractivity contribution is -0.382. The predicted octanol–water partition coefficient (Wildman–Crippen LogP) is 3.56. The summed E-state index contributed by atoms with van der Waals surface area (Å²) in [6, 6.07) is 8.02. The number of thioether (sulfide) groups is 1. The summed E-state index contributed by atoms with van der Waals surface area (Å²) in [5.74, 6) is -0.750. The molecule has 0 unspecified atom stereocenters. The summed E-state index contributed by atoms with van der Waals surface area (Å²) in [6.07, 6.45) is 0. The maximum Gasteiger partial charge on any atom is 0.338 e. The first-order valence-corrected chi connectivity index (χ1v) is 8.79. The maximum atomic E-state index is 12.0. The highest BCUT2D eigenvalue weighted by molar-refractivity contribution is 8.00.